The smallest absolute Gasteiger partial charge is 0.317 e. The van der Waals surface area contributed by atoms with Crippen molar-refractivity contribution < 1.29 is 14.3 Å². The number of rotatable bonds is 3. The molecule has 2 heterocycles. The molecule has 2 aromatic rings. The number of thiocarbonyl (C=S) groups is 1. The SMILES string of the molecule is CCOC(=O)[C@H]1[C@H]2NC(=S)N(c3ccccc3C)[C@@]1(C)Oc1ccc(Cl)cc12. The van der Waals surface area contributed by atoms with Crippen molar-refractivity contribution in [2.75, 3.05) is 11.5 Å². The van der Waals surface area contributed by atoms with E-state index in [1.165, 1.54) is 0 Å². The molecule has 0 spiro atoms. The van der Waals surface area contributed by atoms with Gasteiger partial charge in [-0.25, -0.2) is 0 Å². The Morgan fingerprint density at radius 1 is 1.36 bits per heavy atom. The molecule has 4 rings (SSSR count). The summed E-state index contributed by atoms with van der Waals surface area (Å²) in [6.45, 7) is 5.97. The minimum atomic E-state index is -1.05. The lowest BCUT2D eigenvalue weighted by Gasteiger charge is -2.55. The third-order valence-electron chi connectivity index (χ3n) is 5.36. The molecular weight excluding hydrogens is 396 g/mol. The van der Waals surface area contributed by atoms with Gasteiger partial charge in [-0.3, -0.25) is 9.69 Å². The number of carbonyl (C=O) groups excluding carboxylic acids is 1. The summed E-state index contributed by atoms with van der Waals surface area (Å²) in [4.78, 5) is 14.9. The summed E-state index contributed by atoms with van der Waals surface area (Å²) in [6.07, 6.45) is 0. The van der Waals surface area contributed by atoms with Crippen LogP contribution in [0.25, 0.3) is 0 Å². The van der Waals surface area contributed by atoms with E-state index in [0.717, 1.165) is 16.8 Å². The van der Waals surface area contributed by atoms with E-state index in [1.807, 2.05) is 55.1 Å². The highest BCUT2D eigenvalue weighted by molar-refractivity contribution is 7.80. The van der Waals surface area contributed by atoms with E-state index in [1.54, 1.807) is 13.0 Å². The summed E-state index contributed by atoms with van der Waals surface area (Å²) in [6, 6.07) is 12.9. The van der Waals surface area contributed by atoms with Gasteiger partial charge in [0.2, 0.25) is 5.72 Å². The summed E-state index contributed by atoms with van der Waals surface area (Å²) in [7, 11) is 0. The van der Waals surface area contributed by atoms with Gasteiger partial charge < -0.3 is 14.8 Å². The van der Waals surface area contributed by atoms with Crippen molar-refractivity contribution in [3.8, 4) is 5.75 Å². The molecule has 2 aromatic carbocycles. The average Bonchev–Trinajstić information content (AvgIpc) is 2.63. The number of esters is 1. The predicted octanol–water partition coefficient (Wildman–Crippen LogP) is 4.37. The standard InChI is InChI=1S/C21H21ClN2O3S/c1-4-26-19(25)17-18-14-11-13(22)9-10-16(14)27-21(17,3)24(20(28)23-18)15-8-6-5-7-12(15)2/h5-11,17-18H,4H2,1-3H3,(H,23,28)/t17-,18+,21+/m1/s1. The normalized spacial score (nSPS) is 25.4. The van der Waals surface area contributed by atoms with E-state index in [4.69, 9.17) is 33.3 Å². The number of ether oxygens (including phenoxy) is 2. The number of carbonyl (C=O) groups is 1. The highest BCUT2D eigenvalue weighted by Gasteiger charge is 2.60. The first-order valence-electron chi connectivity index (χ1n) is 9.18. The average molecular weight is 417 g/mol. The number of para-hydroxylation sites is 1. The van der Waals surface area contributed by atoms with Crippen LogP contribution in [0.4, 0.5) is 5.69 Å². The molecule has 7 heteroatoms. The number of fused-ring (bicyclic) bond motifs is 4. The van der Waals surface area contributed by atoms with Crippen LogP contribution >= 0.6 is 23.8 Å². The largest absolute Gasteiger partial charge is 0.466 e. The zero-order valence-electron chi connectivity index (χ0n) is 15.9. The van der Waals surface area contributed by atoms with Crippen molar-refractivity contribution in [3.05, 3.63) is 58.6 Å². The molecule has 0 aromatic heterocycles. The van der Waals surface area contributed by atoms with Crippen LogP contribution in [0.5, 0.6) is 5.75 Å². The molecule has 0 amide bonds. The van der Waals surface area contributed by atoms with Crippen molar-refractivity contribution in [2.24, 2.45) is 5.92 Å². The van der Waals surface area contributed by atoms with Gasteiger partial charge in [-0.2, -0.15) is 0 Å². The topological polar surface area (TPSA) is 50.8 Å². The third-order valence-corrected chi connectivity index (χ3v) is 5.89. The molecule has 0 aliphatic carbocycles. The maximum absolute atomic E-state index is 13.0. The fourth-order valence-corrected chi connectivity index (χ4v) is 4.71. The first-order chi connectivity index (χ1) is 13.4. The molecule has 2 aliphatic heterocycles. The molecule has 2 bridgehead atoms. The Bertz CT molecular complexity index is 966. The lowest BCUT2D eigenvalue weighted by atomic mass is 9.79. The van der Waals surface area contributed by atoms with Gasteiger partial charge in [-0.1, -0.05) is 29.8 Å². The van der Waals surface area contributed by atoms with Crippen LogP contribution in [0, 0.1) is 12.8 Å². The summed E-state index contributed by atoms with van der Waals surface area (Å²) in [5, 5.41) is 4.40. The summed E-state index contributed by atoms with van der Waals surface area (Å²) in [5.41, 5.74) is 1.66. The van der Waals surface area contributed by atoms with Crippen LogP contribution in [-0.2, 0) is 9.53 Å². The maximum Gasteiger partial charge on any atom is 0.317 e. The number of halogens is 1. The number of hydrogen-bond donors (Lipinski definition) is 1. The lowest BCUT2D eigenvalue weighted by molar-refractivity contribution is -0.159. The van der Waals surface area contributed by atoms with Gasteiger partial charge >= 0.3 is 5.97 Å². The Hall–Kier alpha value is -2.31. The van der Waals surface area contributed by atoms with Gasteiger partial charge in [-0.05, 0) is 62.8 Å². The molecule has 28 heavy (non-hydrogen) atoms. The van der Waals surface area contributed by atoms with E-state index in [9.17, 15) is 4.79 Å². The minimum absolute atomic E-state index is 0.287. The molecule has 146 valence electrons. The van der Waals surface area contributed by atoms with Crippen LogP contribution in [0.15, 0.2) is 42.5 Å². The zero-order valence-corrected chi connectivity index (χ0v) is 17.4. The highest BCUT2D eigenvalue weighted by atomic mass is 35.5. The van der Waals surface area contributed by atoms with E-state index in [2.05, 4.69) is 5.32 Å². The second-order valence-electron chi connectivity index (χ2n) is 7.12. The van der Waals surface area contributed by atoms with E-state index in [-0.39, 0.29) is 18.6 Å². The van der Waals surface area contributed by atoms with Gasteiger partial charge in [0.25, 0.3) is 0 Å². The van der Waals surface area contributed by atoms with Crippen LogP contribution in [0.3, 0.4) is 0 Å². The molecule has 1 saturated heterocycles. The van der Waals surface area contributed by atoms with Crippen molar-refractivity contribution in [1.29, 1.82) is 0 Å². The Balaban J connectivity index is 1.92. The van der Waals surface area contributed by atoms with Crippen LogP contribution in [-0.4, -0.2) is 23.4 Å². The van der Waals surface area contributed by atoms with Crippen molar-refractivity contribution in [2.45, 2.75) is 32.5 Å². The summed E-state index contributed by atoms with van der Waals surface area (Å²) in [5.74, 6) is -0.301. The van der Waals surface area contributed by atoms with Gasteiger partial charge in [-0.15, -0.1) is 0 Å². The second-order valence-corrected chi connectivity index (χ2v) is 7.94. The van der Waals surface area contributed by atoms with Crippen LogP contribution in [0.2, 0.25) is 5.02 Å². The zero-order chi connectivity index (χ0) is 20.1. The maximum atomic E-state index is 13.0. The predicted molar refractivity (Wildman–Crippen MR) is 113 cm³/mol. The summed E-state index contributed by atoms with van der Waals surface area (Å²) < 4.78 is 11.9. The van der Waals surface area contributed by atoms with Gasteiger partial charge in [0.1, 0.15) is 11.7 Å². The Labute approximate surface area is 174 Å². The molecule has 0 unspecified atom stereocenters. The van der Waals surface area contributed by atoms with E-state index < -0.39 is 11.6 Å². The van der Waals surface area contributed by atoms with Crippen LogP contribution < -0.4 is 15.0 Å². The molecule has 1 N–H and O–H groups in total. The van der Waals surface area contributed by atoms with Gasteiger partial charge in [0, 0.05) is 16.3 Å². The summed E-state index contributed by atoms with van der Waals surface area (Å²) >= 11 is 11.9. The molecule has 2 aliphatic rings. The number of aryl methyl sites for hydroxylation is 1. The van der Waals surface area contributed by atoms with Crippen molar-refractivity contribution in [3.63, 3.8) is 0 Å². The third kappa shape index (κ3) is 2.83. The second kappa shape index (κ2) is 6.94. The van der Waals surface area contributed by atoms with Crippen molar-refractivity contribution in [1.82, 2.24) is 5.32 Å². The fourth-order valence-electron chi connectivity index (χ4n) is 4.12. The van der Waals surface area contributed by atoms with Crippen LogP contribution in [0.1, 0.15) is 31.0 Å². The molecular formula is C21H21ClN2O3S. The number of anilines is 1. The number of nitrogens with zero attached hydrogens (tertiary/aromatic N) is 1. The first-order valence-corrected chi connectivity index (χ1v) is 9.97. The Morgan fingerprint density at radius 2 is 2.11 bits per heavy atom. The molecule has 5 nitrogen and oxygen atoms in total. The van der Waals surface area contributed by atoms with Crippen molar-refractivity contribution >= 4 is 40.6 Å². The monoisotopic (exact) mass is 416 g/mol. The number of hydrogen-bond acceptors (Lipinski definition) is 4. The fraction of sp³-hybridized carbons (Fsp3) is 0.333. The number of benzene rings is 2. The highest BCUT2D eigenvalue weighted by Crippen LogP contribution is 2.50. The minimum Gasteiger partial charge on any atom is -0.466 e. The number of nitrogens with one attached hydrogen (secondary N) is 1. The quantitative estimate of drug-likeness (QED) is 0.592. The first kappa shape index (κ1) is 19.0. The van der Waals surface area contributed by atoms with E-state index in [0.29, 0.717) is 15.9 Å². The molecule has 3 atom stereocenters. The Kier molecular flexibility index (Phi) is 4.71. The molecule has 0 saturated carbocycles. The molecule has 1 fully saturated rings. The Morgan fingerprint density at radius 3 is 2.82 bits per heavy atom. The van der Waals surface area contributed by atoms with Gasteiger partial charge in [0.05, 0.1) is 12.6 Å². The van der Waals surface area contributed by atoms with E-state index >= 15 is 0 Å². The molecule has 0 radical (unpaired) electrons. The van der Waals surface area contributed by atoms with Gasteiger partial charge in [0.15, 0.2) is 5.11 Å². The lowest BCUT2D eigenvalue weighted by Crippen LogP contribution is -2.71.